The molecule has 1 aliphatic heterocycles. The summed E-state index contributed by atoms with van der Waals surface area (Å²) >= 11 is 0. The zero-order chi connectivity index (χ0) is 17.1. The summed E-state index contributed by atoms with van der Waals surface area (Å²) in [6.07, 6.45) is 3.69. The van der Waals surface area contributed by atoms with Gasteiger partial charge in [-0.3, -0.25) is 14.6 Å². The van der Waals surface area contributed by atoms with E-state index in [1.165, 1.54) is 0 Å². The Hall–Kier alpha value is -2.89. The van der Waals surface area contributed by atoms with E-state index in [0.717, 1.165) is 12.0 Å². The van der Waals surface area contributed by atoms with Gasteiger partial charge in [0.2, 0.25) is 0 Å². The molecule has 0 radical (unpaired) electrons. The third-order valence-corrected chi connectivity index (χ3v) is 3.99. The molecule has 2 amide bonds. The van der Waals surface area contributed by atoms with E-state index in [9.17, 15) is 9.59 Å². The number of carbonyl (C=O) groups is 2. The molecule has 124 valence electrons. The second kappa shape index (κ2) is 6.70. The van der Waals surface area contributed by atoms with Gasteiger partial charge >= 0.3 is 0 Å². The predicted octanol–water partition coefficient (Wildman–Crippen LogP) is 2.12. The highest BCUT2D eigenvalue weighted by Crippen LogP contribution is 2.30. The van der Waals surface area contributed by atoms with Crippen molar-refractivity contribution in [3.63, 3.8) is 0 Å². The molecule has 1 aromatic carbocycles. The second-order valence-electron chi connectivity index (χ2n) is 5.79. The van der Waals surface area contributed by atoms with Crippen molar-refractivity contribution < 1.29 is 14.3 Å². The number of benzene rings is 1. The van der Waals surface area contributed by atoms with Crippen LogP contribution in [0.25, 0.3) is 0 Å². The van der Waals surface area contributed by atoms with E-state index < -0.39 is 6.10 Å². The van der Waals surface area contributed by atoms with Crippen LogP contribution in [0.4, 0.5) is 5.69 Å². The highest BCUT2D eigenvalue weighted by molar-refractivity contribution is 6.00. The molecule has 0 spiro atoms. The SMILES string of the molecule is CC1Oc2cc(C(=O)N(C)CCc3ccncc3)ccc2NC1=O. The lowest BCUT2D eigenvalue weighted by molar-refractivity contribution is -0.122. The number of ether oxygens (including phenoxy) is 1. The van der Waals surface area contributed by atoms with Crippen molar-refractivity contribution in [1.29, 1.82) is 0 Å². The van der Waals surface area contributed by atoms with E-state index in [4.69, 9.17) is 4.74 Å². The molecule has 24 heavy (non-hydrogen) atoms. The van der Waals surface area contributed by atoms with Crippen LogP contribution in [0.2, 0.25) is 0 Å². The average molecular weight is 325 g/mol. The first-order valence-electron chi connectivity index (χ1n) is 7.80. The second-order valence-corrected chi connectivity index (χ2v) is 5.79. The molecule has 1 aromatic heterocycles. The number of amides is 2. The zero-order valence-corrected chi connectivity index (χ0v) is 13.7. The Labute approximate surface area is 140 Å². The summed E-state index contributed by atoms with van der Waals surface area (Å²) in [6.45, 7) is 2.28. The van der Waals surface area contributed by atoms with E-state index in [1.807, 2.05) is 12.1 Å². The number of fused-ring (bicyclic) bond motifs is 1. The predicted molar refractivity (Wildman–Crippen MR) is 90.1 cm³/mol. The van der Waals surface area contributed by atoms with Crippen molar-refractivity contribution in [3.8, 4) is 5.75 Å². The maximum absolute atomic E-state index is 12.6. The number of pyridine rings is 1. The molecule has 0 bridgehead atoms. The third-order valence-electron chi connectivity index (χ3n) is 3.99. The number of nitrogens with zero attached hydrogens (tertiary/aromatic N) is 2. The van der Waals surface area contributed by atoms with Crippen LogP contribution in [0.5, 0.6) is 5.75 Å². The van der Waals surface area contributed by atoms with Crippen LogP contribution >= 0.6 is 0 Å². The van der Waals surface area contributed by atoms with Gasteiger partial charge < -0.3 is 15.0 Å². The van der Waals surface area contributed by atoms with Crippen molar-refractivity contribution in [2.45, 2.75) is 19.4 Å². The number of likely N-dealkylation sites (N-methyl/N-ethyl adjacent to an activating group) is 1. The van der Waals surface area contributed by atoms with Gasteiger partial charge in [0, 0.05) is 31.5 Å². The van der Waals surface area contributed by atoms with Gasteiger partial charge in [0.05, 0.1) is 5.69 Å². The van der Waals surface area contributed by atoms with Crippen molar-refractivity contribution in [1.82, 2.24) is 9.88 Å². The van der Waals surface area contributed by atoms with Gasteiger partial charge in [-0.15, -0.1) is 0 Å². The molecule has 2 heterocycles. The minimum absolute atomic E-state index is 0.0833. The normalized spacial score (nSPS) is 15.9. The summed E-state index contributed by atoms with van der Waals surface area (Å²) in [4.78, 5) is 29.8. The average Bonchev–Trinajstić information content (AvgIpc) is 2.60. The summed E-state index contributed by atoms with van der Waals surface area (Å²) in [5.74, 6) is 0.256. The number of carbonyl (C=O) groups excluding carboxylic acids is 2. The molecular weight excluding hydrogens is 306 g/mol. The molecule has 1 atom stereocenters. The topological polar surface area (TPSA) is 71.5 Å². The van der Waals surface area contributed by atoms with Crippen LogP contribution in [-0.2, 0) is 11.2 Å². The van der Waals surface area contributed by atoms with Gasteiger partial charge in [-0.2, -0.15) is 0 Å². The van der Waals surface area contributed by atoms with Gasteiger partial charge in [0.25, 0.3) is 11.8 Å². The molecule has 0 fully saturated rings. The molecule has 3 rings (SSSR count). The Balaban J connectivity index is 1.68. The molecule has 1 N–H and O–H groups in total. The van der Waals surface area contributed by atoms with Crippen LogP contribution < -0.4 is 10.1 Å². The Morgan fingerprint density at radius 3 is 2.79 bits per heavy atom. The van der Waals surface area contributed by atoms with Gasteiger partial charge in [0.15, 0.2) is 6.10 Å². The summed E-state index contributed by atoms with van der Waals surface area (Å²) in [5, 5.41) is 2.76. The first-order chi connectivity index (χ1) is 11.5. The number of hydrogen-bond acceptors (Lipinski definition) is 4. The smallest absolute Gasteiger partial charge is 0.265 e. The minimum Gasteiger partial charge on any atom is -0.479 e. The van der Waals surface area contributed by atoms with E-state index in [2.05, 4.69) is 10.3 Å². The Morgan fingerprint density at radius 2 is 2.04 bits per heavy atom. The van der Waals surface area contributed by atoms with Crippen molar-refractivity contribution >= 4 is 17.5 Å². The zero-order valence-electron chi connectivity index (χ0n) is 13.7. The first kappa shape index (κ1) is 16.0. The third kappa shape index (κ3) is 3.37. The van der Waals surface area contributed by atoms with Crippen LogP contribution in [0.15, 0.2) is 42.7 Å². The van der Waals surface area contributed by atoms with Crippen molar-refractivity contribution in [2.75, 3.05) is 18.9 Å². The summed E-state index contributed by atoms with van der Waals surface area (Å²) in [6, 6.07) is 8.95. The maximum Gasteiger partial charge on any atom is 0.265 e. The Kier molecular flexibility index (Phi) is 4.46. The standard InChI is InChI=1S/C18H19N3O3/c1-12-17(22)20-15-4-3-14(11-16(15)24-12)18(23)21(2)10-7-13-5-8-19-9-6-13/h3-6,8-9,11-12H,7,10H2,1-2H3,(H,20,22). The first-order valence-corrected chi connectivity index (χ1v) is 7.80. The number of nitrogens with one attached hydrogen (secondary N) is 1. The molecule has 2 aromatic rings. The molecular formula is C18H19N3O3. The van der Waals surface area contributed by atoms with E-state index >= 15 is 0 Å². The van der Waals surface area contributed by atoms with Crippen LogP contribution in [0, 0.1) is 0 Å². The summed E-state index contributed by atoms with van der Waals surface area (Å²) in [5.41, 5.74) is 2.26. The van der Waals surface area contributed by atoms with Gasteiger partial charge in [-0.1, -0.05) is 0 Å². The number of hydrogen-bond donors (Lipinski definition) is 1. The maximum atomic E-state index is 12.6. The number of anilines is 1. The van der Waals surface area contributed by atoms with Crippen LogP contribution in [0.1, 0.15) is 22.8 Å². The molecule has 6 nitrogen and oxygen atoms in total. The lowest BCUT2D eigenvalue weighted by Crippen LogP contribution is -2.34. The Morgan fingerprint density at radius 1 is 1.29 bits per heavy atom. The van der Waals surface area contributed by atoms with Gasteiger partial charge in [0.1, 0.15) is 5.75 Å². The molecule has 6 heteroatoms. The van der Waals surface area contributed by atoms with Gasteiger partial charge in [-0.05, 0) is 49.2 Å². The number of aromatic nitrogens is 1. The van der Waals surface area contributed by atoms with Crippen molar-refractivity contribution in [2.24, 2.45) is 0 Å². The largest absolute Gasteiger partial charge is 0.479 e. The Bertz CT molecular complexity index is 761. The lowest BCUT2D eigenvalue weighted by Gasteiger charge is -2.24. The van der Waals surface area contributed by atoms with E-state index in [1.54, 1.807) is 49.5 Å². The van der Waals surface area contributed by atoms with Crippen molar-refractivity contribution in [3.05, 3.63) is 53.9 Å². The van der Waals surface area contributed by atoms with Crippen LogP contribution in [0.3, 0.4) is 0 Å². The molecule has 0 saturated heterocycles. The van der Waals surface area contributed by atoms with E-state index in [0.29, 0.717) is 23.5 Å². The number of rotatable bonds is 4. The summed E-state index contributed by atoms with van der Waals surface area (Å²) < 4.78 is 5.55. The van der Waals surface area contributed by atoms with Gasteiger partial charge in [-0.25, -0.2) is 0 Å². The molecule has 1 unspecified atom stereocenters. The molecule has 0 aliphatic carbocycles. The van der Waals surface area contributed by atoms with Crippen LogP contribution in [-0.4, -0.2) is 41.4 Å². The summed E-state index contributed by atoms with van der Waals surface area (Å²) in [7, 11) is 1.77. The monoisotopic (exact) mass is 325 g/mol. The highest BCUT2D eigenvalue weighted by Gasteiger charge is 2.24. The fourth-order valence-corrected chi connectivity index (χ4v) is 2.50. The highest BCUT2D eigenvalue weighted by atomic mass is 16.5. The lowest BCUT2D eigenvalue weighted by atomic mass is 10.1. The fraction of sp³-hybridized carbons (Fsp3) is 0.278. The fourth-order valence-electron chi connectivity index (χ4n) is 2.50. The van der Waals surface area contributed by atoms with E-state index in [-0.39, 0.29) is 11.8 Å². The minimum atomic E-state index is -0.563. The molecule has 0 saturated carbocycles. The molecule has 1 aliphatic rings. The quantitative estimate of drug-likeness (QED) is 0.934.